The van der Waals surface area contributed by atoms with Gasteiger partial charge in [0.15, 0.2) is 0 Å². The molecule has 0 unspecified atom stereocenters. The van der Waals surface area contributed by atoms with Crippen molar-refractivity contribution in [2.75, 3.05) is 24.6 Å². The van der Waals surface area contributed by atoms with E-state index in [9.17, 15) is 0 Å². The van der Waals surface area contributed by atoms with Gasteiger partial charge < -0.3 is 24.8 Å². The molecular weight excluding hydrogens is 696 g/mol. The molecule has 4 aromatic carbocycles. The Morgan fingerprint density at radius 2 is 0.919 bits per heavy atom. The molecule has 0 amide bonds. The van der Waals surface area contributed by atoms with E-state index in [4.69, 9.17) is 0 Å². The van der Waals surface area contributed by atoms with E-state index in [2.05, 4.69) is 100 Å². The van der Waals surface area contributed by atoms with Crippen molar-refractivity contribution in [3.63, 3.8) is 0 Å². The molecule has 5 heteroatoms. The van der Waals surface area contributed by atoms with Gasteiger partial charge >= 0.3 is 25.8 Å². The Morgan fingerprint density at radius 1 is 0.541 bits per heavy atom. The molecule has 0 radical (unpaired) electrons. The van der Waals surface area contributed by atoms with Gasteiger partial charge in [-0.1, -0.05) is 81.4 Å². The van der Waals surface area contributed by atoms with Crippen LogP contribution in [0.15, 0.2) is 72.8 Å². The summed E-state index contributed by atoms with van der Waals surface area (Å²) in [6.45, 7) is 9.20. The number of benzene rings is 2. The first-order chi connectivity index (χ1) is 16.7. The van der Waals surface area contributed by atoms with E-state index < -0.39 is 0 Å². The molecule has 0 saturated heterocycles. The van der Waals surface area contributed by atoms with Crippen molar-refractivity contribution < 1.29 is 50.7 Å². The first-order valence-corrected chi connectivity index (χ1v) is 16.9. The van der Waals surface area contributed by atoms with Crippen molar-refractivity contribution in [1.29, 1.82) is 0 Å². The number of halogens is 2. The van der Waals surface area contributed by atoms with Crippen LogP contribution in [-0.4, -0.2) is 24.6 Å². The van der Waals surface area contributed by atoms with Crippen LogP contribution in [0.25, 0.3) is 21.5 Å². The molecule has 0 nitrogen and oxygen atoms in total. The van der Waals surface area contributed by atoms with Gasteiger partial charge in [0.2, 0.25) is 0 Å². The average molecular weight is 740 g/mol. The van der Waals surface area contributed by atoms with E-state index >= 15 is 0 Å². The Bertz CT molecular complexity index is 1020. The summed E-state index contributed by atoms with van der Waals surface area (Å²) in [4.78, 5) is 0. The van der Waals surface area contributed by atoms with Crippen LogP contribution in [0.3, 0.4) is 0 Å². The van der Waals surface area contributed by atoms with Crippen LogP contribution < -0.4 is 35.4 Å². The van der Waals surface area contributed by atoms with Crippen molar-refractivity contribution in [3.8, 4) is 0 Å². The maximum Gasteiger partial charge on any atom is 4.00 e. The molecule has 0 spiro atoms. The SMILES string of the molecule is CCCCP(CCCC)c1cc2ccccc2[cH-]1.CCCP(CCC)c1cc2ccccc2[cH-]1.[Cl-].[Cl-].[Hf+4]. The molecule has 200 valence electrons. The van der Waals surface area contributed by atoms with Gasteiger partial charge in [-0.3, -0.25) is 0 Å². The van der Waals surface area contributed by atoms with E-state index in [0.717, 1.165) is 0 Å². The predicted octanol–water partition coefficient (Wildman–Crippen LogP) is 3.76. The number of hydrogen-bond donors (Lipinski definition) is 0. The molecular formula is C32H44Cl2HfP2. The van der Waals surface area contributed by atoms with Crippen LogP contribution in [0.5, 0.6) is 0 Å². The maximum absolute atomic E-state index is 2.44. The van der Waals surface area contributed by atoms with Crippen molar-refractivity contribution in [2.45, 2.75) is 66.2 Å². The molecule has 4 aromatic rings. The first-order valence-electron chi connectivity index (χ1n) is 13.5. The van der Waals surface area contributed by atoms with Gasteiger partial charge in [0.05, 0.1) is 0 Å². The van der Waals surface area contributed by atoms with Crippen LogP contribution >= 0.6 is 15.8 Å². The maximum atomic E-state index is 2.44. The van der Waals surface area contributed by atoms with Gasteiger partial charge in [-0.2, -0.15) is 12.1 Å². The zero-order valence-electron chi connectivity index (χ0n) is 23.1. The van der Waals surface area contributed by atoms with Gasteiger partial charge in [-0.25, -0.2) is 0 Å². The smallest absolute Gasteiger partial charge is 1.00 e. The molecule has 0 aliphatic rings. The van der Waals surface area contributed by atoms with Crippen LogP contribution in [0, 0.1) is 0 Å². The number of unbranched alkanes of at least 4 members (excludes halogenated alkanes) is 2. The van der Waals surface area contributed by atoms with E-state index in [0.29, 0.717) is 0 Å². The Kier molecular flexibility index (Phi) is 20.8. The summed E-state index contributed by atoms with van der Waals surface area (Å²) in [5.41, 5.74) is 0. The molecule has 0 aliphatic carbocycles. The van der Waals surface area contributed by atoms with Gasteiger partial charge in [-0.05, 0) is 37.5 Å². The molecule has 0 aromatic heterocycles. The molecule has 0 fully saturated rings. The molecule has 0 heterocycles. The second kappa shape index (κ2) is 20.8. The van der Waals surface area contributed by atoms with Crippen molar-refractivity contribution in [3.05, 3.63) is 72.8 Å². The predicted molar refractivity (Wildman–Crippen MR) is 162 cm³/mol. The summed E-state index contributed by atoms with van der Waals surface area (Å²) in [7, 11) is 0.183. The summed E-state index contributed by atoms with van der Waals surface area (Å²) in [5.74, 6) is 0. The van der Waals surface area contributed by atoms with Crippen LogP contribution in [0.1, 0.15) is 66.2 Å². The summed E-state index contributed by atoms with van der Waals surface area (Å²) in [6, 6.07) is 27.2. The number of fused-ring (bicyclic) bond motifs is 2. The van der Waals surface area contributed by atoms with E-state index in [1.165, 1.54) is 84.7 Å². The van der Waals surface area contributed by atoms with Crippen molar-refractivity contribution >= 4 is 48.0 Å². The largest absolute Gasteiger partial charge is 4.00 e. The first kappa shape index (κ1) is 37.0. The topological polar surface area (TPSA) is 0 Å². The van der Waals surface area contributed by atoms with Gasteiger partial charge in [0.25, 0.3) is 0 Å². The second-order valence-electron chi connectivity index (χ2n) is 9.37. The van der Waals surface area contributed by atoms with Gasteiger partial charge in [0, 0.05) is 0 Å². The summed E-state index contributed by atoms with van der Waals surface area (Å²) < 4.78 is 0. The molecule has 0 atom stereocenters. The zero-order valence-corrected chi connectivity index (χ0v) is 30.0. The Balaban J connectivity index is 0.000000651. The molecule has 0 N–H and O–H groups in total. The van der Waals surface area contributed by atoms with Gasteiger partial charge in [-0.15, -0.1) is 80.7 Å². The van der Waals surface area contributed by atoms with Crippen molar-refractivity contribution in [1.82, 2.24) is 0 Å². The second-order valence-corrected chi connectivity index (χ2v) is 14.3. The standard InChI is InChI=1S/C17H24P.C15H20P.2ClH.Hf/c1-3-5-11-18(12-6-4-2)17-13-15-9-7-8-10-16(15)14-17;1-3-9-16(10-4-2)15-11-13-7-5-6-8-14(13)12-15;;;/h7-10,13-14H,3-6,11-12H2,1-2H3;5-8,11-12H,3-4,9-10H2,1-2H3;2*1H;/q2*-1;;;+4/p-2. The minimum Gasteiger partial charge on any atom is -1.00 e. The van der Waals surface area contributed by atoms with E-state index in [-0.39, 0.29) is 66.5 Å². The molecule has 0 bridgehead atoms. The summed E-state index contributed by atoms with van der Waals surface area (Å²) >= 11 is 0. The minimum atomic E-state index is 0. The molecule has 37 heavy (non-hydrogen) atoms. The molecule has 4 rings (SSSR count). The van der Waals surface area contributed by atoms with Crippen LogP contribution in [0.4, 0.5) is 0 Å². The zero-order chi connectivity index (χ0) is 24.2. The minimum absolute atomic E-state index is 0. The van der Waals surface area contributed by atoms with Crippen molar-refractivity contribution in [2.24, 2.45) is 0 Å². The molecule has 0 aliphatic heterocycles. The third-order valence-electron chi connectivity index (χ3n) is 6.49. The summed E-state index contributed by atoms with van der Waals surface area (Å²) in [6.07, 6.45) is 13.7. The number of rotatable bonds is 12. The monoisotopic (exact) mass is 740 g/mol. The Labute approximate surface area is 260 Å². The summed E-state index contributed by atoms with van der Waals surface area (Å²) in [5, 5.41) is 8.92. The Hall–Kier alpha value is -0.0299. The quantitative estimate of drug-likeness (QED) is 0.118. The number of hydrogen-bond acceptors (Lipinski definition) is 0. The van der Waals surface area contributed by atoms with Crippen LogP contribution in [0.2, 0.25) is 0 Å². The fraction of sp³-hybridized carbons (Fsp3) is 0.438. The third kappa shape index (κ3) is 11.5. The van der Waals surface area contributed by atoms with E-state index in [1.807, 2.05) is 0 Å². The fourth-order valence-electron chi connectivity index (χ4n) is 4.61. The van der Waals surface area contributed by atoms with Crippen LogP contribution in [-0.2, 0) is 25.8 Å². The fourth-order valence-corrected chi connectivity index (χ4v) is 9.85. The van der Waals surface area contributed by atoms with E-state index in [1.54, 1.807) is 10.6 Å². The Morgan fingerprint density at radius 3 is 1.27 bits per heavy atom. The third-order valence-corrected chi connectivity index (χ3v) is 12.1. The normalized spacial score (nSPS) is 10.5. The molecule has 0 saturated carbocycles. The average Bonchev–Trinajstić information content (AvgIpc) is 3.49. The van der Waals surface area contributed by atoms with Gasteiger partial charge in [0.1, 0.15) is 0 Å².